The molecule has 0 aromatic carbocycles. The summed E-state index contributed by atoms with van der Waals surface area (Å²) in [5.41, 5.74) is -2.37. The van der Waals surface area contributed by atoms with Crippen molar-refractivity contribution in [3.05, 3.63) is 34.4 Å². The van der Waals surface area contributed by atoms with Gasteiger partial charge in [0.25, 0.3) is 0 Å². The molecule has 0 radical (unpaired) electrons. The number of ketones is 2. The molecule has 0 aromatic heterocycles. The van der Waals surface area contributed by atoms with Gasteiger partial charge in [-0.2, -0.15) is 13.2 Å². The van der Waals surface area contributed by atoms with Crippen molar-refractivity contribution in [3.8, 4) is 0 Å². The van der Waals surface area contributed by atoms with E-state index in [0.29, 0.717) is 25.7 Å². The zero-order valence-electron chi connectivity index (χ0n) is 14.6. The van der Waals surface area contributed by atoms with Gasteiger partial charge in [-0.1, -0.05) is 37.6 Å². The second-order valence-electron chi connectivity index (χ2n) is 8.46. The summed E-state index contributed by atoms with van der Waals surface area (Å²) >= 11 is 6.11. The fourth-order valence-corrected chi connectivity index (χ4v) is 6.26. The zero-order valence-corrected chi connectivity index (χ0v) is 15.4. The second-order valence-corrected chi connectivity index (χ2v) is 8.83. The molecule has 0 unspecified atom stereocenters. The fraction of sp³-hybridized carbons (Fsp3) is 0.600. The van der Waals surface area contributed by atoms with E-state index in [2.05, 4.69) is 0 Å². The number of halogens is 4. The zero-order chi connectivity index (χ0) is 19.1. The van der Waals surface area contributed by atoms with Crippen molar-refractivity contribution in [1.82, 2.24) is 0 Å². The summed E-state index contributed by atoms with van der Waals surface area (Å²) in [6, 6.07) is 0. The Hall–Kier alpha value is -1.36. The highest BCUT2D eigenvalue weighted by atomic mass is 35.5. The van der Waals surface area contributed by atoms with E-state index in [1.807, 2.05) is 6.92 Å². The molecule has 0 aliphatic heterocycles. The molecule has 0 heterocycles. The predicted molar refractivity (Wildman–Crippen MR) is 91.3 cm³/mol. The first kappa shape index (κ1) is 18.0. The minimum Gasteiger partial charge on any atom is -0.299 e. The Labute approximate surface area is 155 Å². The largest absolute Gasteiger partial charge is 0.416 e. The van der Waals surface area contributed by atoms with Crippen molar-refractivity contribution in [2.24, 2.45) is 28.6 Å². The van der Waals surface area contributed by atoms with Crippen molar-refractivity contribution in [1.29, 1.82) is 0 Å². The molecule has 4 aliphatic rings. The molecule has 2 nitrogen and oxygen atoms in total. The number of hydrogen-bond donors (Lipinski definition) is 0. The highest BCUT2D eigenvalue weighted by Gasteiger charge is 2.61. The van der Waals surface area contributed by atoms with E-state index in [0.717, 1.165) is 0 Å². The smallest absolute Gasteiger partial charge is 0.299 e. The number of Topliss-reactive ketones (excluding diaryl/α,β-unsaturated/α-hetero) is 1. The van der Waals surface area contributed by atoms with E-state index in [1.165, 1.54) is 12.2 Å². The molecule has 5 atom stereocenters. The van der Waals surface area contributed by atoms with Crippen molar-refractivity contribution >= 4 is 23.2 Å². The maximum absolute atomic E-state index is 13.9. The van der Waals surface area contributed by atoms with Crippen LogP contribution in [0.4, 0.5) is 13.2 Å². The predicted octanol–water partition coefficient (Wildman–Crippen LogP) is 5.14. The van der Waals surface area contributed by atoms with Crippen LogP contribution >= 0.6 is 11.6 Å². The van der Waals surface area contributed by atoms with Gasteiger partial charge in [-0.05, 0) is 48.7 Å². The van der Waals surface area contributed by atoms with Gasteiger partial charge in [0.15, 0.2) is 5.78 Å². The highest BCUT2D eigenvalue weighted by Crippen LogP contribution is 2.64. The Morgan fingerprint density at radius 3 is 2.50 bits per heavy atom. The Balaban J connectivity index is 1.94. The number of alkyl halides is 3. The Morgan fingerprint density at radius 1 is 1.15 bits per heavy atom. The normalized spacial score (nSPS) is 42.4. The van der Waals surface area contributed by atoms with Crippen LogP contribution < -0.4 is 0 Å². The number of allylic oxidation sites excluding steroid dienone is 6. The average molecular weight is 385 g/mol. The van der Waals surface area contributed by atoms with Crippen LogP contribution in [0, 0.1) is 28.6 Å². The molecule has 0 amide bonds. The topological polar surface area (TPSA) is 34.1 Å². The first-order valence-corrected chi connectivity index (χ1v) is 9.34. The number of carbonyl (C=O) groups is 2. The number of hydrogen-bond acceptors (Lipinski definition) is 2. The van der Waals surface area contributed by atoms with Gasteiger partial charge in [-0.3, -0.25) is 9.59 Å². The molecule has 4 aliphatic carbocycles. The second kappa shape index (κ2) is 5.34. The minimum atomic E-state index is -4.59. The molecule has 0 bridgehead atoms. The van der Waals surface area contributed by atoms with Crippen LogP contribution in [0.25, 0.3) is 0 Å². The standard InChI is InChI=1S/C20H20ClF3O2/c1-18-7-5-12-10(11(18)3-4-15(18)26)9-13(20(22,23)24)16-17(21)14(25)6-8-19(12,16)2/h6,8-12H,3-5,7H2,1-2H3/t10-,11-,12-,18-,19+/m0/s1. The summed E-state index contributed by atoms with van der Waals surface area (Å²) in [4.78, 5) is 24.4. The molecule has 4 rings (SSSR count). The van der Waals surface area contributed by atoms with Crippen molar-refractivity contribution < 1.29 is 22.8 Å². The van der Waals surface area contributed by atoms with E-state index in [4.69, 9.17) is 11.6 Å². The summed E-state index contributed by atoms with van der Waals surface area (Å²) in [6.45, 7) is 3.66. The molecular weight excluding hydrogens is 365 g/mol. The monoisotopic (exact) mass is 384 g/mol. The van der Waals surface area contributed by atoms with E-state index < -0.39 is 28.4 Å². The third kappa shape index (κ3) is 2.19. The van der Waals surface area contributed by atoms with Crippen molar-refractivity contribution in [2.45, 2.75) is 45.7 Å². The lowest BCUT2D eigenvalue weighted by Crippen LogP contribution is -2.50. The average Bonchev–Trinajstić information content (AvgIpc) is 2.85. The maximum Gasteiger partial charge on any atom is 0.416 e. The lowest BCUT2D eigenvalue weighted by molar-refractivity contribution is -0.130. The Kier molecular flexibility index (Phi) is 3.70. The van der Waals surface area contributed by atoms with Crippen LogP contribution in [0.5, 0.6) is 0 Å². The third-order valence-corrected chi connectivity index (χ3v) is 7.68. The molecule has 0 spiro atoms. The molecular formula is C20H20ClF3O2. The van der Waals surface area contributed by atoms with Crippen molar-refractivity contribution in [3.63, 3.8) is 0 Å². The number of fused-ring (bicyclic) bond motifs is 5. The van der Waals surface area contributed by atoms with Crippen LogP contribution in [0.2, 0.25) is 0 Å². The summed E-state index contributed by atoms with van der Waals surface area (Å²) < 4.78 is 41.7. The molecule has 26 heavy (non-hydrogen) atoms. The molecule has 0 saturated heterocycles. The summed E-state index contributed by atoms with van der Waals surface area (Å²) in [5.74, 6) is -0.931. The maximum atomic E-state index is 13.9. The van der Waals surface area contributed by atoms with Gasteiger partial charge in [0.1, 0.15) is 5.78 Å². The van der Waals surface area contributed by atoms with Crippen molar-refractivity contribution in [2.75, 3.05) is 0 Å². The van der Waals surface area contributed by atoms with E-state index >= 15 is 0 Å². The summed E-state index contributed by atoms with van der Waals surface area (Å²) in [5, 5.41) is -0.326. The van der Waals surface area contributed by atoms with Crippen LogP contribution in [0.15, 0.2) is 34.4 Å². The fourth-order valence-electron chi connectivity index (χ4n) is 5.89. The SMILES string of the molecule is C[C@]12C=CC(=O)C(Cl)=C1C(C(F)(F)F)=C[C@@H]1[C@@H]2CC[C@]2(C)C(=O)CC[C@@H]12. The van der Waals surface area contributed by atoms with Gasteiger partial charge in [0.05, 0.1) is 10.6 Å². The first-order chi connectivity index (χ1) is 12.0. The molecule has 0 aromatic rings. The van der Waals surface area contributed by atoms with Gasteiger partial charge >= 0.3 is 6.18 Å². The summed E-state index contributed by atoms with van der Waals surface area (Å²) in [6.07, 6.45) is 1.98. The van der Waals surface area contributed by atoms with E-state index in [-0.39, 0.29) is 34.1 Å². The van der Waals surface area contributed by atoms with Gasteiger partial charge < -0.3 is 0 Å². The first-order valence-electron chi connectivity index (χ1n) is 8.96. The van der Waals surface area contributed by atoms with Crippen LogP contribution in [-0.4, -0.2) is 17.7 Å². The van der Waals surface area contributed by atoms with E-state index in [9.17, 15) is 22.8 Å². The van der Waals surface area contributed by atoms with Crippen LogP contribution in [0.3, 0.4) is 0 Å². The lowest BCUT2D eigenvalue weighted by Gasteiger charge is -2.54. The molecule has 2 saturated carbocycles. The number of rotatable bonds is 0. The molecule has 140 valence electrons. The number of carbonyl (C=O) groups excluding carboxylic acids is 2. The molecule has 6 heteroatoms. The third-order valence-electron chi connectivity index (χ3n) is 7.30. The van der Waals surface area contributed by atoms with Gasteiger partial charge in [-0.25, -0.2) is 0 Å². The van der Waals surface area contributed by atoms with E-state index in [1.54, 1.807) is 13.0 Å². The lowest BCUT2D eigenvalue weighted by atomic mass is 9.49. The van der Waals surface area contributed by atoms with Gasteiger partial charge in [0.2, 0.25) is 0 Å². The van der Waals surface area contributed by atoms with Crippen LogP contribution in [0.1, 0.15) is 39.5 Å². The summed E-state index contributed by atoms with van der Waals surface area (Å²) in [7, 11) is 0. The highest BCUT2D eigenvalue weighted by molar-refractivity contribution is 6.45. The Bertz CT molecular complexity index is 806. The minimum absolute atomic E-state index is 0.0886. The van der Waals surface area contributed by atoms with Gasteiger partial charge in [-0.15, -0.1) is 0 Å². The molecule has 0 N–H and O–H groups in total. The van der Waals surface area contributed by atoms with Gasteiger partial charge in [0, 0.05) is 17.3 Å². The Morgan fingerprint density at radius 2 is 1.85 bits per heavy atom. The van der Waals surface area contributed by atoms with Crippen LogP contribution in [-0.2, 0) is 9.59 Å². The quantitative estimate of drug-likeness (QED) is 0.579. The molecule has 2 fully saturated rings.